The predicted molar refractivity (Wildman–Crippen MR) is 85.8 cm³/mol. The molecule has 1 aliphatic heterocycles. The summed E-state index contributed by atoms with van der Waals surface area (Å²) in [6.45, 7) is -0.461. The molecule has 2 N–H and O–H groups in total. The monoisotopic (exact) mass is 374 g/mol. The molecule has 2 amide bonds. The highest BCUT2D eigenvalue weighted by atomic mass is 79.9. The molecular formula is C16H11BrN2O4. The van der Waals surface area contributed by atoms with Crippen molar-refractivity contribution in [1.29, 1.82) is 0 Å². The quantitative estimate of drug-likeness (QED) is 0.506. The molecule has 2 aromatic carbocycles. The van der Waals surface area contributed by atoms with E-state index in [9.17, 15) is 14.4 Å². The van der Waals surface area contributed by atoms with Gasteiger partial charge in [-0.25, -0.2) is 9.69 Å². The minimum atomic E-state index is -0.708. The minimum Gasteiger partial charge on any atom is -0.440 e. The summed E-state index contributed by atoms with van der Waals surface area (Å²) in [4.78, 5) is 37.3. The van der Waals surface area contributed by atoms with Crippen LogP contribution < -0.4 is 5.73 Å². The van der Waals surface area contributed by atoms with Crippen LogP contribution in [0.5, 0.6) is 0 Å². The van der Waals surface area contributed by atoms with Gasteiger partial charge in [-0.3, -0.25) is 9.59 Å². The van der Waals surface area contributed by atoms with Gasteiger partial charge in [-0.05, 0) is 30.3 Å². The number of fused-ring (bicyclic) bond motifs is 1. The number of rotatable bonds is 3. The lowest BCUT2D eigenvalue weighted by Gasteiger charge is -2.14. The zero-order valence-electron chi connectivity index (χ0n) is 11.8. The van der Waals surface area contributed by atoms with Crippen molar-refractivity contribution in [2.24, 2.45) is 0 Å². The summed E-state index contributed by atoms with van der Waals surface area (Å²) in [7, 11) is 0. The van der Waals surface area contributed by atoms with Crippen LogP contribution >= 0.6 is 15.9 Å². The normalized spacial score (nSPS) is 13.2. The second kappa shape index (κ2) is 5.85. The molecular weight excluding hydrogens is 364 g/mol. The van der Waals surface area contributed by atoms with Gasteiger partial charge >= 0.3 is 5.97 Å². The third-order valence-corrected chi connectivity index (χ3v) is 3.93. The Kier molecular flexibility index (Phi) is 3.87. The Morgan fingerprint density at radius 3 is 2.30 bits per heavy atom. The van der Waals surface area contributed by atoms with Crippen LogP contribution in [0.25, 0.3) is 0 Å². The Morgan fingerprint density at radius 1 is 1.09 bits per heavy atom. The number of hydrogen-bond donors (Lipinski definition) is 1. The number of ether oxygens (including phenoxy) is 1. The summed E-state index contributed by atoms with van der Waals surface area (Å²) in [6, 6.07) is 11.2. The summed E-state index contributed by atoms with van der Waals surface area (Å²) < 4.78 is 5.73. The largest absolute Gasteiger partial charge is 0.440 e. The zero-order valence-corrected chi connectivity index (χ0v) is 13.4. The van der Waals surface area contributed by atoms with Gasteiger partial charge in [0.25, 0.3) is 11.8 Å². The molecule has 116 valence electrons. The van der Waals surface area contributed by atoms with E-state index in [-0.39, 0.29) is 11.3 Å². The Hall–Kier alpha value is -2.67. The molecule has 0 saturated carbocycles. The van der Waals surface area contributed by atoms with Crippen molar-refractivity contribution in [2.75, 3.05) is 12.5 Å². The SMILES string of the molecule is Nc1ccc(Br)cc1C(=O)OCN1C(=O)c2ccccc2C1=O. The Balaban J connectivity index is 1.75. The fourth-order valence-corrected chi connectivity index (χ4v) is 2.62. The summed E-state index contributed by atoms with van der Waals surface area (Å²) in [6.07, 6.45) is 0. The second-order valence-corrected chi connectivity index (χ2v) is 5.79. The summed E-state index contributed by atoms with van der Waals surface area (Å²) in [5.41, 5.74) is 6.74. The number of carbonyl (C=O) groups is 3. The van der Waals surface area contributed by atoms with E-state index >= 15 is 0 Å². The number of nitrogens with two attached hydrogens (primary N) is 1. The minimum absolute atomic E-state index is 0.163. The topological polar surface area (TPSA) is 89.7 Å². The third-order valence-electron chi connectivity index (χ3n) is 3.44. The van der Waals surface area contributed by atoms with Crippen LogP contribution in [0, 0.1) is 0 Å². The summed E-state index contributed by atoms with van der Waals surface area (Å²) >= 11 is 3.24. The molecule has 1 heterocycles. The number of benzene rings is 2. The molecule has 2 aromatic rings. The Bertz CT molecular complexity index is 800. The molecule has 0 unspecified atom stereocenters. The van der Waals surface area contributed by atoms with Gasteiger partial charge in [0, 0.05) is 10.2 Å². The van der Waals surface area contributed by atoms with Crippen molar-refractivity contribution in [3.8, 4) is 0 Å². The van der Waals surface area contributed by atoms with Gasteiger partial charge in [-0.2, -0.15) is 0 Å². The molecule has 0 aromatic heterocycles. The van der Waals surface area contributed by atoms with Gasteiger partial charge in [0.05, 0.1) is 16.7 Å². The lowest BCUT2D eigenvalue weighted by atomic mass is 10.1. The number of anilines is 1. The Labute approximate surface area is 140 Å². The Morgan fingerprint density at radius 2 is 1.70 bits per heavy atom. The van der Waals surface area contributed by atoms with Gasteiger partial charge < -0.3 is 10.5 Å². The maximum atomic E-state index is 12.2. The van der Waals surface area contributed by atoms with Crippen LogP contribution in [0.15, 0.2) is 46.9 Å². The predicted octanol–water partition coefficient (Wildman–Crippen LogP) is 2.44. The molecule has 6 nitrogen and oxygen atoms in total. The fourth-order valence-electron chi connectivity index (χ4n) is 2.26. The number of esters is 1. The van der Waals surface area contributed by atoms with Gasteiger partial charge in [0.2, 0.25) is 0 Å². The first-order valence-corrected chi connectivity index (χ1v) is 7.45. The average Bonchev–Trinajstić information content (AvgIpc) is 2.79. The number of halogens is 1. The van der Waals surface area contributed by atoms with E-state index in [1.165, 1.54) is 6.07 Å². The van der Waals surface area contributed by atoms with Crippen LogP contribution in [0.2, 0.25) is 0 Å². The molecule has 0 bridgehead atoms. The van der Waals surface area contributed by atoms with Crippen molar-refractivity contribution >= 4 is 39.4 Å². The third kappa shape index (κ3) is 2.70. The van der Waals surface area contributed by atoms with Crippen molar-refractivity contribution in [3.05, 3.63) is 63.6 Å². The fraction of sp³-hybridized carbons (Fsp3) is 0.0625. The van der Waals surface area contributed by atoms with Gasteiger partial charge in [-0.15, -0.1) is 0 Å². The van der Waals surface area contributed by atoms with Crippen LogP contribution in [0.3, 0.4) is 0 Å². The molecule has 3 rings (SSSR count). The number of imide groups is 1. The van der Waals surface area contributed by atoms with E-state index in [1.54, 1.807) is 36.4 Å². The molecule has 0 fully saturated rings. The van der Waals surface area contributed by atoms with E-state index in [2.05, 4.69) is 15.9 Å². The van der Waals surface area contributed by atoms with Crippen LogP contribution in [0.4, 0.5) is 5.69 Å². The van der Waals surface area contributed by atoms with E-state index in [4.69, 9.17) is 10.5 Å². The molecule has 0 atom stereocenters. The van der Waals surface area contributed by atoms with E-state index < -0.39 is 24.5 Å². The molecule has 0 spiro atoms. The van der Waals surface area contributed by atoms with E-state index in [0.717, 1.165) is 4.90 Å². The number of carbonyl (C=O) groups excluding carboxylic acids is 3. The van der Waals surface area contributed by atoms with Crippen molar-refractivity contribution < 1.29 is 19.1 Å². The number of nitrogen functional groups attached to an aromatic ring is 1. The van der Waals surface area contributed by atoms with Gasteiger partial charge in [-0.1, -0.05) is 28.1 Å². The van der Waals surface area contributed by atoms with Crippen molar-refractivity contribution in [3.63, 3.8) is 0 Å². The zero-order chi connectivity index (χ0) is 16.6. The standard InChI is InChI=1S/C16H11BrN2O4/c17-9-5-6-13(18)12(7-9)16(22)23-8-19-14(20)10-3-1-2-4-11(10)15(19)21/h1-7H,8,18H2. The highest BCUT2D eigenvalue weighted by Crippen LogP contribution is 2.23. The first-order valence-electron chi connectivity index (χ1n) is 6.66. The van der Waals surface area contributed by atoms with Gasteiger partial charge in [0.1, 0.15) is 0 Å². The molecule has 0 radical (unpaired) electrons. The highest BCUT2D eigenvalue weighted by Gasteiger charge is 2.35. The molecule has 7 heteroatoms. The van der Waals surface area contributed by atoms with E-state index in [1.807, 2.05) is 0 Å². The maximum Gasteiger partial charge on any atom is 0.342 e. The first kappa shape index (κ1) is 15.2. The average molecular weight is 375 g/mol. The number of nitrogens with zero attached hydrogens (tertiary/aromatic N) is 1. The molecule has 0 aliphatic carbocycles. The van der Waals surface area contributed by atoms with Crippen molar-refractivity contribution in [1.82, 2.24) is 4.90 Å². The van der Waals surface area contributed by atoms with Crippen LogP contribution in [-0.4, -0.2) is 29.4 Å². The molecule has 1 aliphatic rings. The smallest absolute Gasteiger partial charge is 0.342 e. The lowest BCUT2D eigenvalue weighted by molar-refractivity contribution is 0.0229. The summed E-state index contributed by atoms with van der Waals surface area (Å²) in [5, 5.41) is 0. The molecule has 23 heavy (non-hydrogen) atoms. The van der Waals surface area contributed by atoms with Crippen LogP contribution in [0.1, 0.15) is 31.1 Å². The molecule has 0 saturated heterocycles. The van der Waals surface area contributed by atoms with Crippen molar-refractivity contribution in [2.45, 2.75) is 0 Å². The lowest BCUT2D eigenvalue weighted by Crippen LogP contribution is -2.33. The summed E-state index contributed by atoms with van der Waals surface area (Å²) in [5.74, 6) is -1.68. The number of hydrogen-bond acceptors (Lipinski definition) is 5. The first-order chi connectivity index (χ1) is 11.0. The van der Waals surface area contributed by atoms with Crippen LogP contribution in [-0.2, 0) is 4.74 Å². The van der Waals surface area contributed by atoms with E-state index in [0.29, 0.717) is 15.6 Å². The highest BCUT2D eigenvalue weighted by molar-refractivity contribution is 9.10. The second-order valence-electron chi connectivity index (χ2n) is 4.88. The number of amides is 2. The maximum absolute atomic E-state index is 12.2. The van der Waals surface area contributed by atoms with Gasteiger partial charge in [0.15, 0.2) is 6.73 Å².